The molecule has 0 fully saturated rings. The highest BCUT2D eigenvalue weighted by atomic mass is 32.1. The van der Waals surface area contributed by atoms with Gasteiger partial charge in [-0.25, -0.2) is 14.8 Å². The molecule has 0 saturated carbocycles. The Morgan fingerprint density at radius 3 is 2.85 bits per heavy atom. The number of aromatic nitrogens is 2. The van der Waals surface area contributed by atoms with Crippen molar-refractivity contribution in [2.75, 3.05) is 18.5 Å². The number of rotatable bonds is 5. The number of aliphatic carboxylic acids is 1. The van der Waals surface area contributed by atoms with Gasteiger partial charge in [0.1, 0.15) is 21.9 Å². The van der Waals surface area contributed by atoms with Gasteiger partial charge in [0.2, 0.25) is 0 Å². The number of carboxylic acid groups (broad SMARTS) is 1. The van der Waals surface area contributed by atoms with Gasteiger partial charge in [-0.05, 0) is 19.4 Å². The number of ether oxygens (including phenoxy) is 1. The van der Waals surface area contributed by atoms with Gasteiger partial charge in [0, 0.05) is 0 Å². The van der Waals surface area contributed by atoms with E-state index in [0.717, 1.165) is 0 Å². The maximum atomic E-state index is 11.8. The molecule has 1 N–H and O–H groups in total. The normalized spacial score (nSPS) is 10.5. The molecule has 0 spiro atoms. The Hall–Kier alpha value is -2.22. The third kappa shape index (κ3) is 2.69. The monoisotopic (exact) mass is 294 g/mol. The van der Waals surface area contributed by atoms with Crippen molar-refractivity contribution in [3.05, 3.63) is 16.8 Å². The van der Waals surface area contributed by atoms with Gasteiger partial charge in [-0.3, -0.25) is 0 Å². The number of carbonyl (C=O) groups excluding carboxylic acids is 2. The zero-order valence-electron chi connectivity index (χ0n) is 10.9. The van der Waals surface area contributed by atoms with Crippen LogP contribution in [0, 0.1) is 6.92 Å². The second-order valence-corrected chi connectivity index (χ2v) is 4.90. The molecule has 8 heteroatoms. The maximum Gasteiger partial charge on any atom is 0.348 e. The van der Waals surface area contributed by atoms with Gasteiger partial charge in [-0.2, -0.15) is 0 Å². The molecular weight excluding hydrogens is 282 g/mol. The number of nitrogens with one attached hydrogen (secondary N) is 1. The Balaban J connectivity index is 2.46. The highest BCUT2D eigenvalue weighted by molar-refractivity contribution is 7.20. The van der Waals surface area contributed by atoms with Gasteiger partial charge < -0.3 is 20.0 Å². The molecule has 106 valence electrons. The molecule has 0 radical (unpaired) electrons. The summed E-state index contributed by atoms with van der Waals surface area (Å²) in [4.78, 5) is 31.5. The Kier molecular flexibility index (Phi) is 4.14. The fraction of sp³-hybridized carbons (Fsp3) is 0.333. The summed E-state index contributed by atoms with van der Waals surface area (Å²) < 4.78 is 4.98. The predicted octanol–water partition coefficient (Wildman–Crippen LogP) is 0.338. The number of carbonyl (C=O) groups is 2. The molecule has 0 aliphatic heterocycles. The zero-order chi connectivity index (χ0) is 14.7. The van der Waals surface area contributed by atoms with Crippen LogP contribution in [0.25, 0.3) is 10.2 Å². The van der Waals surface area contributed by atoms with Gasteiger partial charge in [0.15, 0.2) is 0 Å². The van der Waals surface area contributed by atoms with E-state index in [9.17, 15) is 14.7 Å². The molecule has 20 heavy (non-hydrogen) atoms. The van der Waals surface area contributed by atoms with Crippen molar-refractivity contribution in [2.45, 2.75) is 13.8 Å². The highest BCUT2D eigenvalue weighted by Gasteiger charge is 2.19. The average molecular weight is 294 g/mol. The number of fused-ring (bicyclic) bond motifs is 1. The SMILES string of the molecule is CCOC(=O)c1sc2ncnc(NCC(=O)[O-])c2c1C. The summed E-state index contributed by atoms with van der Waals surface area (Å²) in [6.45, 7) is 3.40. The van der Waals surface area contributed by atoms with Crippen molar-refractivity contribution in [2.24, 2.45) is 0 Å². The largest absolute Gasteiger partial charge is 0.548 e. The van der Waals surface area contributed by atoms with Crippen LogP contribution in [0.1, 0.15) is 22.2 Å². The fourth-order valence-electron chi connectivity index (χ4n) is 1.75. The number of thiophene rings is 1. The second kappa shape index (κ2) is 5.83. The van der Waals surface area contributed by atoms with E-state index in [1.807, 2.05) is 0 Å². The smallest absolute Gasteiger partial charge is 0.348 e. The molecule has 7 nitrogen and oxygen atoms in total. The van der Waals surface area contributed by atoms with E-state index in [0.29, 0.717) is 26.5 Å². The first-order valence-corrected chi connectivity index (χ1v) is 6.71. The standard InChI is InChI=1S/C12H13N3O4S/c1-3-19-12(18)9-6(2)8-10(13-4-7(16)17)14-5-15-11(8)20-9/h5H,3-4H2,1-2H3,(H,16,17)(H,13,14,15)/p-1. The van der Waals surface area contributed by atoms with Crippen LogP contribution >= 0.6 is 11.3 Å². The van der Waals surface area contributed by atoms with Crippen LogP contribution in [0.5, 0.6) is 0 Å². The Morgan fingerprint density at radius 1 is 1.45 bits per heavy atom. The van der Waals surface area contributed by atoms with Gasteiger partial charge >= 0.3 is 5.97 Å². The summed E-state index contributed by atoms with van der Waals surface area (Å²) in [7, 11) is 0. The van der Waals surface area contributed by atoms with Crippen LogP contribution in [0.2, 0.25) is 0 Å². The molecule has 0 unspecified atom stereocenters. The van der Waals surface area contributed by atoms with Gasteiger partial charge in [0.25, 0.3) is 0 Å². The van der Waals surface area contributed by atoms with Crippen LogP contribution in [-0.4, -0.2) is 35.1 Å². The predicted molar refractivity (Wildman–Crippen MR) is 71.6 cm³/mol. The first kappa shape index (κ1) is 14.2. The molecule has 2 rings (SSSR count). The van der Waals surface area contributed by atoms with Gasteiger partial charge in [0.05, 0.1) is 24.5 Å². The van der Waals surface area contributed by atoms with E-state index in [-0.39, 0.29) is 13.2 Å². The van der Waals surface area contributed by atoms with Crippen LogP contribution in [0.15, 0.2) is 6.33 Å². The Morgan fingerprint density at radius 2 is 2.20 bits per heavy atom. The minimum Gasteiger partial charge on any atom is -0.548 e. The van der Waals surface area contributed by atoms with E-state index in [1.54, 1.807) is 13.8 Å². The molecule has 0 bridgehead atoms. The van der Waals surface area contributed by atoms with Crippen molar-refractivity contribution in [3.8, 4) is 0 Å². The fourth-order valence-corrected chi connectivity index (χ4v) is 2.80. The molecule has 2 aromatic heterocycles. The van der Waals surface area contributed by atoms with Crippen LogP contribution in [0.4, 0.5) is 5.82 Å². The van der Waals surface area contributed by atoms with Crippen LogP contribution in [0.3, 0.4) is 0 Å². The first-order valence-electron chi connectivity index (χ1n) is 5.89. The summed E-state index contributed by atoms with van der Waals surface area (Å²) in [5.41, 5.74) is 0.671. The average Bonchev–Trinajstić information content (AvgIpc) is 2.75. The van der Waals surface area contributed by atoms with Crippen molar-refractivity contribution >= 4 is 39.3 Å². The van der Waals surface area contributed by atoms with E-state index in [2.05, 4.69) is 15.3 Å². The third-order valence-electron chi connectivity index (χ3n) is 2.59. The highest BCUT2D eigenvalue weighted by Crippen LogP contribution is 2.33. The van der Waals surface area contributed by atoms with Gasteiger partial charge in [-0.15, -0.1) is 11.3 Å². The van der Waals surface area contributed by atoms with E-state index in [1.165, 1.54) is 17.7 Å². The van der Waals surface area contributed by atoms with Crippen molar-refractivity contribution in [3.63, 3.8) is 0 Å². The summed E-state index contributed by atoms with van der Waals surface area (Å²) in [6, 6.07) is 0. The van der Waals surface area contributed by atoms with E-state index >= 15 is 0 Å². The van der Waals surface area contributed by atoms with Crippen molar-refractivity contribution in [1.82, 2.24) is 9.97 Å². The molecule has 0 aliphatic rings. The minimum absolute atomic E-state index is 0.286. The zero-order valence-corrected chi connectivity index (χ0v) is 11.7. The molecule has 2 aromatic rings. The number of aryl methyl sites for hydroxylation is 1. The number of hydrogen-bond acceptors (Lipinski definition) is 8. The first-order chi connectivity index (χ1) is 9.54. The summed E-state index contributed by atoms with van der Waals surface area (Å²) in [5.74, 6) is -1.29. The number of nitrogens with zero attached hydrogens (tertiary/aromatic N) is 2. The molecule has 0 atom stereocenters. The quantitative estimate of drug-likeness (QED) is 0.793. The summed E-state index contributed by atoms with van der Waals surface area (Å²) >= 11 is 1.19. The summed E-state index contributed by atoms with van der Waals surface area (Å²) in [6.07, 6.45) is 1.31. The molecule has 0 saturated heterocycles. The lowest BCUT2D eigenvalue weighted by molar-refractivity contribution is -0.302. The maximum absolute atomic E-state index is 11.8. The lowest BCUT2D eigenvalue weighted by atomic mass is 10.2. The second-order valence-electron chi connectivity index (χ2n) is 3.90. The van der Waals surface area contributed by atoms with Crippen molar-refractivity contribution in [1.29, 1.82) is 0 Å². The number of hydrogen-bond donors (Lipinski definition) is 1. The molecule has 2 heterocycles. The molecule has 0 amide bonds. The van der Waals surface area contributed by atoms with Crippen LogP contribution < -0.4 is 10.4 Å². The minimum atomic E-state index is -1.24. The lowest BCUT2D eigenvalue weighted by Crippen LogP contribution is -2.30. The molecular formula is C12H12N3O4S-. The Bertz CT molecular complexity index is 668. The topological polar surface area (TPSA) is 104 Å². The molecule has 0 aromatic carbocycles. The summed E-state index contributed by atoms with van der Waals surface area (Å²) in [5, 5.41) is 13.8. The number of carboxylic acids is 1. The molecule has 0 aliphatic carbocycles. The Labute approximate surface area is 118 Å². The lowest BCUT2D eigenvalue weighted by Gasteiger charge is -2.07. The number of anilines is 1. The van der Waals surface area contributed by atoms with Gasteiger partial charge in [-0.1, -0.05) is 0 Å². The van der Waals surface area contributed by atoms with Crippen molar-refractivity contribution < 1.29 is 19.4 Å². The van der Waals surface area contributed by atoms with E-state index in [4.69, 9.17) is 4.74 Å². The number of esters is 1. The van der Waals surface area contributed by atoms with E-state index < -0.39 is 11.9 Å². The van der Waals surface area contributed by atoms with Crippen LogP contribution in [-0.2, 0) is 9.53 Å². The third-order valence-corrected chi connectivity index (χ3v) is 3.77.